The smallest absolute Gasteiger partial charge is 0.0254 e. The lowest BCUT2D eigenvalue weighted by molar-refractivity contribution is 0.251. The molecule has 2 unspecified atom stereocenters. The van der Waals surface area contributed by atoms with Crippen molar-refractivity contribution in [2.24, 2.45) is 11.8 Å². The van der Waals surface area contributed by atoms with Gasteiger partial charge >= 0.3 is 0 Å². The molecule has 0 heterocycles. The Labute approximate surface area is 110 Å². The van der Waals surface area contributed by atoms with Crippen LogP contribution in [0.1, 0.15) is 39.0 Å². The zero-order chi connectivity index (χ0) is 11.6. The van der Waals surface area contributed by atoms with Gasteiger partial charge in [0.15, 0.2) is 0 Å². The second kappa shape index (κ2) is 9.61. The van der Waals surface area contributed by atoms with Gasteiger partial charge in [-0.1, -0.05) is 19.8 Å². The molecule has 0 aromatic heterocycles. The summed E-state index contributed by atoms with van der Waals surface area (Å²) in [5, 5.41) is 3.61. The molecule has 1 fully saturated rings. The first-order valence-corrected chi connectivity index (χ1v) is 8.41. The number of alkyl halides is 1. The zero-order valence-corrected chi connectivity index (χ0v) is 12.1. The van der Waals surface area contributed by atoms with Crippen molar-refractivity contribution in [1.82, 2.24) is 5.32 Å². The molecule has 96 valence electrons. The average Bonchev–Trinajstić information content (AvgIpc) is 2.34. The third kappa shape index (κ3) is 5.79. The van der Waals surface area contributed by atoms with E-state index in [-0.39, 0.29) is 0 Å². The van der Waals surface area contributed by atoms with E-state index in [1.807, 2.05) is 11.8 Å². The Hall–Kier alpha value is 0.600. The van der Waals surface area contributed by atoms with E-state index in [0.29, 0.717) is 0 Å². The molecule has 1 nitrogen and oxygen atoms in total. The summed E-state index contributed by atoms with van der Waals surface area (Å²) >= 11 is 8.06. The van der Waals surface area contributed by atoms with Crippen molar-refractivity contribution in [2.45, 2.75) is 39.0 Å². The maximum atomic E-state index is 6.03. The monoisotopic (exact) mass is 263 g/mol. The van der Waals surface area contributed by atoms with Crippen LogP contribution in [0.2, 0.25) is 0 Å². The first-order valence-electron chi connectivity index (χ1n) is 6.73. The van der Waals surface area contributed by atoms with Gasteiger partial charge in [-0.3, -0.25) is 0 Å². The fourth-order valence-corrected chi connectivity index (χ4v) is 3.53. The van der Waals surface area contributed by atoms with Crippen molar-refractivity contribution in [1.29, 1.82) is 0 Å². The topological polar surface area (TPSA) is 12.0 Å². The Morgan fingerprint density at radius 2 is 2.00 bits per heavy atom. The molecular formula is C13H26ClNS. The molecule has 1 saturated carbocycles. The van der Waals surface area contributed by atoms with E-state index >= 15 is 0 Å². The standard InChI is InChI=1S/C13H26ClNS/c1-2-16-9-5-8-15-11-13-7-4-3-6-12(13)10-14/h12-13,15H,2-11H2,1H3. The number of rotatable bonds is 8. The van der Waals surface area contributed by atoms with Gasteiger partial charge in [0, 0.05) is 5.88 Å². The normalized spacial score (nSPS) is 25.9. The molecule has 0 radical (unpaired) electrons. The van der Waals surface area contributed by atoms with Crippen LogP contribution < -0.4 is 5.32 Å². The van der Waals surface area contributed by atoms with E-state index < -0.39 is 0 Å². The fraction of sp³-hybridized carbons (Fsp3) is 1.00. The van der Waals surface area contributed by atoms with Crippen LogP contribution >= 0.6 is 23.4 Å². The minimum atomic E-state index is 0.771. The van der Waals surface area contributed by atoms with Crippen molar-refractivity contribution in [3.63, 3.8) is 0 Å². The molecule has 1 aliphatic rings. The van der Waals surface area contributed by atoms with Gasteiger partial charge in [-0.2, -0.15) is 11.8 Å². The molecule has 0 saturated heterocycles. The van der Waals surface area contributed by atoms with Gasteiger partial charge in [0.05, 0.1) is 0 Å². The number of thioether (sulfide) groups is 1. The van der Waals surface area contributed by atoms with Crippen LogP contribution in [-0.4, -0.2) is 30.5 Å². The Morgan fingerprint density at radius 1 is 1.25 bits per heavy atom. The predicted octanol–water partition coefficient (Wildman–Crippen LogP) is 3.76. The van der Waals surface area contributed by atoms with Gasteiger partial charge in [-0.25, -0.2) is 0 Å². The summed E-state index contributed by atoms with van der Waals surface area (Å²) in [6, 6.07) is 0. The van der Waals surface area contributed by atoms with Crippen molar-refractivity contribution >= 4 is 23.4 Å². The van der Waals surface area contributed by atoms with Crippen molar-refractivity contribution < 1.29 is 0 Å². The van der Waals surface area contributed by atoms with Crippen molar-refractivity contribution in [2.75, 3.05) is 30.5 Å². The minimum absolute atomic E-state index is 0.771. The summed E-state index contributed by atoms with van der Waals surface area (Å²) in [6.45, 7) is 4.60. The summed E-state index contributed by atoms with van der Waals surface area (Å²) in [5.74, 6) is 5.01. The van der Waals surface area contributed by atoms with E-state index in [1.54, 1.807) is 0 Å². The third-order valence-corrected chi connectivity index (χ3v) is 4.90. The first-order chi connectivity index (χ1) is 7.88. The predicted molar refractivity (Wildman–Crippen MR) is 76.7 cm³/mol. The molecule has 3 heteroatoms. The van der Waals surface area contributed by atoms with E-state index in [4.69, 9.17) is 11.6 Å². The Bertz CT molecular complexity index is 166. The van der Waals surface area contributed by atoms with E-state index in [9.17, 15) is 0 Å². The molecule has 1 rings (SSSR count). The molecular weight excluding hydrogens is 238 g/mol. The minimum Gasteiger partial charge on any atom is -0.316 e. The van der Waals surface area contributed by atoms with Gasteiger partial charge < -0.3 is 5.32 Å². The number of halogens is 1. The van der Waals surface area contributed by atoms with Gasteiger partial charge in [0.1, 0.15) is 0 Å². The van der Waals surface area contributed by atoms with Crippen LogP contribution in [0.4, 0.5) is 0 Å². The van der Waals surface area contributed by atoms with E-state index in [2.05, 4.69) is 12.2 Å². The highest BCUT2D eigenvalue weighted by atomic mass is 35.5. The molecule has 1 aliphatic carbocycles. The molecule has 0 aliphatic heterocycles. The molecule has 0 aromatic carbocycles. The summed E-state index contributed by atoms with van der Waals surface area (Å²) in [5.41, 5.74) is 0. The Morgan fingerprint density at radius 3 is 2.69 bits per heavy atom. The van der Waals surface area contributed by atoms with Crippen molar-refractivity contribution in [3.8, 4) is 0 Å². The fourth-order valence-electron chi connectivity index (χ4n) is 2.49. The van der Waals surface area contributed by atoms with Gasteiger partial charge in [0.25, 0.3) is 0 Å². The maximum absolute atomic E-state index is 6.03. The summed E-state index contributed by atoms with van der Waals surface area (Å²) in [7, 11) is 0. The quantitative estimate of drug-likeness (QED) is 0.529. The van der Waals surface area contributed by atoms with Crippen molar-refractivity contribution in [3.05, 3.63) is 0 Å². The largest absolute Gasteiger partial charge is 0.316 e. The van der Waals surface area contributed by atoms with E-state index in [1.165, 1.54) is 56.7 Å². The summed E-state index contributed by atoms with van der Waals surface area (Å²) < 4.78 is 0. The van der Waals surface area contributed by atoms with Gasteiger partial charge in [0.2, 0.25) is 0 Å². The SMILES string of the molecule is CCSCCCNCC1CCCCC1CCl. The molecule has 1 N–H and O–H groups in total. The highest BCUT2D eigenvalue weighted by molar-refractivity contribution is 7.99. The average molecular weight is 264 g/mol. The van der Waals surface area contributed by atoms with Crippen LogP contribution in [0.15, 0.2) is 0 Å². The maximum Gasteiger partial charge on any atom is 0.0254 e. The summed E-state index contributed by atoms with van der Waals surface area (Å²) in [4.78, 5) is 0. The first kappa shape index (κ1) is 14.7. The van der Waals surface area contributed by atoms with Crippen LogP contribution in [0.5, 0.6) is 0 Å². The molecule has 0 aromatic rings. The number of hydrogen-bond donors (Lipinski definition) is 1. The van der Waals surface area contributed by atoms with Crippen LogP contribution in [0.3, 0.4) is 0 Å². The molecule has 2 atom stereocenters. The summed E-state index contributed by atoms with van der Waals surface area (Å²) in [6.07, 6.45) is 6.83. The Balaban J connectivity index is 2.02. The second-order valence-electron chi connectivity index (χ2n) is 4.71. The zero-order valence-electron chi connectivity index (χ0n) is 10.5. The lowest BCUT2D eigenvalue weighted by Gasteiger charge is -2.30. The molecule has 16 heavy (non-hydrogen) atoms. The number of nitrogens with one attached hydrogen (secondary N) is 1. The van der Waals surface area contributed by atoms with E-state index in [0.717, 1.165) is 17.7 Å². The number of hydrogen-bond acceptors (Lipinski definition) is 2. The van der Waals surface area contributed by atoms with Crippen LogP contribution in [-0.2, 0) is 0 Å². The Kier molecular flexibility index (Phi) is 8.81. The molecule has 0 spiro atoms. The highest BCUT2D eigenvalue weighted by Gasteiger charge is 2.23. The molecule has 0 bridgehead atoms. The second-order valence-corrected chi connectivity index (χ2v) is 6.42. The lowest BCUT2D eigenvalue weighted by atomic mass is 9.80. The van der Waals surface area contributed by atoms with Gasteiger partial charge in [-0.05, 0) is 55.7 Å². The third-order valence-electron chi connectivity index (χ3n) is 3.52. The van der Waals surface area contributed by atoms with Gasteiger partial charge in [-0.15, -0.1) is 11.6 Å². The van der Waals surface area contributed by atoms with Crippen LogP contribution in [0.25, 0.3) is 0 Å². The van der Waals surface area contributed by atoms with Crippen LogP contribution in [0, 0.1) is 11.8 Å². The highest BCUT2D eigenvalue weighted by Crippen LogP contribution is 2.30. The molecule has 0 amide bonds. The lowest BCUT2D eigenvalue weighted by Crippen LogP contribution is -2.32.